The Kier molecular flexibility index (Phi) is 4.47. The van der Waals surface area contributed by atoms with Gasteiger partial charge in [-0.25, -0.2) is 0 Å². The third-order valence-electron chi connectivity index (χ3n) is 2.33. The minimum Gasteiger partial charge on any atom is -0.324 e. The van der Waals surface area contributed by atoms with Gasteiger partial charge in [-0.2, -0.15) is 0 Å². The highest BCUT2D eigenvalue weighted by atomic mass is 79.9. The van der Waals surface area contributed by atoms with E-state index in [1.807, 2.05) is 19.1 Å². The first-order valence-corrected chi connectivity index (χ1v) is 8.19. The van der Waals surface area contributed by atoms with Crippen LogP contribution in [-0.2, 0) is 0 Å². The lowest BCUT2D eigenvalue weighted by Gasteiger charge is -2.06. The molecule has 0 bridgehead atoms. The van der Waals surface area contributed by atoms with E-state index in [1.54, 1.807) is 11.3 Å². The largest absolute Gasteiger partial charge is 0.324 e. The zero-order chi connectivity index (χ0) is 12.6. The quantitative estimate of drug-likeness (QED) is 0.636. The zero-order valence-corrected chi connectivity index (χ0v) is 14.6. The lowest BCUT2D eigenvalue weighted by Crippen LogP contribution is -2.01. The lowest BCUT2D eigenvalue weighted by atomic mass is 10.2. The van der Waals surface area contributed by atoms with Crippen LogP contribution in [0.1, 0.15) is 17.8 Å². The van der Waals surface area contributed by atoms with Crippen molar-refractivity contribution >= 4 is 59.1 Å². The van der Waals surface area contributed by atoms with Gasteiger partial charge in [-0.3, -0.25) is 0 Å². The average Bonchev–Trinajstić information content (AvgIpc) is 2.65. The monoisotopic (exact) mass is 437 g/mol. The van der Waals surface area contributed by atoms with E-state index in [2.05, 4.69) is 59.9 Å². The van der Waals surface area contributed by atoms with Crippen molar-refractivity contribution in [1.29, 1.82) is 0 Å². The maximum absolute atomic E-state index is 5.88. The van der Waals surface area contributed by atoms with Crippen molar-refractivity contribution < 1.29 is 0 Å². The smallest absolute Gasteiger partial charge is 0.0369 e. The molecule has 0 fully saturated rings. The van der Waals surface area contributed by atoms with E-state index in [0.717, 1.165) is 13.4 Å². The highest BCUT2D eigenvalue weighted by molar-refractivity contribution is 9.11. The fourth-order valence-electron chi connectivity index (χ4n) is 1.51. The van der Waals surface area contributed by atoms with E-state index < -0.39 is 0 Å². The summed E-state index contributed by atoms with van der Waals surface area (Å²) in [6.07, 6.45) is 0. The first kappa shape index (κ1) is 13.7. The van der Waals surface area contributed by atoms with Gasteiger partial charge in [-0.1, -0.05) is 47.8 Å². The van der Waals surface area contributed by atoms with Gasteiger partial charge in [0.25, 0.3) is 0 Å². The number of rotatable bonds is 2. The second-order valence-electron chi connectivity index (χ2n) is 3.74. The van der Waals surface area contributed by atoms with E-state index in [4.69, 9.17) is 5.73 Å². The normalized spacial score (nSPS) is 12.8. The van der Waals surface area contributed by atoms with Crippen molar-refractivity contribution in [2.24, 2.45) is 5.73 Å². The summed E-state index contributed by atoms with van der Waals surface area (Å²) in [5.41, 5.74) is 7.06. The molecule has 1 aromatic carbocycles. The predicted molar refractivity (Wildman–Crippen MR) is 85.5 cm³/mol. The summed E-state index contributed by atoms with van der Waals surface area (Å²) >= 11 is 12.4. The topological polar surface area (TPSA) is 26.0 Å². The van der Waals surface area contributed by atoms with Crippen LogP contribution in [0.2, 0.25) is 0 Å². The summed E-state index contributed by atoms with van der Waals surface area (Å²) < 4.78 is 3.18. The van der Waals surface area contributed by atoms with Gasteiger partial charge in [0.2, 0.25) is 0 Å². The molecule has 0 radical (unpaired) electrons. The van der Waals surface area contributed by atoms with Gasteiger partial charge in [0.1, 0.15) is 0 Å². The zero-order valence-electron chi connectivity index (χ0n) is 9.01. The molecule has 1 aromatic heterocycles. The number of thiophene rings is 1. The van der Waals surface area contributed by atoms with Crippen molar-refractivity contribution in [1.82, 2.24) is 0 Å². The Balaban J connectivity index is 2.52. The van der Waals surface area contributed by atoms with Crippen LogP contribution in [-0.4, -0.2) is 0 Å². The minimum absolute atomic E-state index is 0.0850. The molecule has 2 aromatic rings. The molecule has 1 atom stereocenters. The molecule has 0 aliphatic rings. The summed E-state index contributed by atoms with van der Waals surface area (Å²) in [4.78, 5) is 2.41. The standard InChI is InChI=1S/C12H10Br3NS/c1-6(16)10-2-3-11(17-10)12-8(14)4-7(13)5-9(12)15/h2-6H,16H2,1H3. The number of hydrogen-bond donors (Lipinski definition) is 1. The van der Waals surface area contributed by atoms with Crippen LogP contribution in [0.15, 0.2) is 37.7 Å². The Hall–Kier alpha value is 0.320. The molecular weight excluding hydrogens is 430 g/mol. The second-order valence-corrected chi connectivity index (χ2v) is 7.47. The van der Waals surface area contributed by atoms with Crippen molar-refractivity contribution in [3.05, 3.63) is 42.6 Å². The summed E-state index contributed by atoms with van der Waals surface area (Å²) in [5.74, 6) is 0. The van der Waals surface area contributed by atoms with Crippen LogP contribution in [0.25, 0.3) is 10.4 Å². The van der Waals surface area contributed by atoms with Crippen LogP contribution < -0.4 is 5.73 Å². The molecule has 2 N–H and O–H groups in total. The van der Waals surface area contributed by atoms with Crippen molar-refractivity contribution in [3.8, 4) is 10.4 Å². The Labute approximate surface area is 130 Å². The molecule has 0 amide bonds. The Morgan fingerprint density at radius 2 is 1.71 bits per heavy atom. The van der Waals surface area contributed by atoms with Gasteiger partial charge in [0.15, 0.2) is 0 Å². The van der Waals surface area contributed by atoms with Crippen molar-refractivity contribution in [2.45, 2.75) is 13.0 Å². The number of hydrogen-bond acceptors (Lipinski definition) is 2. The molecule has 0 spiro atoms. The SMILES string of the molecule is CC(N)c1ccc(-c2c(Br)cc(Br)cc2Br)s1. The van der Waals surface area contributed by atoms with E-state index in [1.165, 1.54) is 15.3 Å². The highest BCUT2D eigenvalue weighted by Crippen LogP contribution is 2.41. The number of benzene rings is 1. The fourth-order valence-corrected chi connectivity index (χ4v) is 5.49. The molecule has 0 aliphatic carbocycles. The molecule has 90 valence electrons. The molecule has 5 heteroatoms. The van der Waals surface area contributed by atoms with Gasteiger partial charge >= 0.3 is 0 Å². The maximum atomic E-state index is 5.88. The Bertz CT molecular complexity index is 525. The van der Waals surface area contributed by atoms with Crippen LogP contribution in [0.4, 0.5) is 0 Å². The molecule has 0 saturated carbocycles. The Morgan fingerprint density at radius 3 is 2.18 bits per heavy atom. The highest BCUT2D eigenvalue weighted by Gasteiger charge is 2.12. The van der Waals surface area contributed by atoms with Gasteiger partial charge in [-0.05, 0) is 31.2 Å². The fraction of sp³-hybridized carbons (Fsp3) is 0.167. The van der Waals surface area contributed by atoms with Crippen LogP contribution in [0, 0.1) is 0 Å². The molecule has 0 aliphatic heterocycles. The van der Waals surface area contributed by atoms with E-state index in [-0.39, 0.29) is 6.04 Å². The molecule has 1 nitrogen and oxygen atoms in total. The number of halogens is 3. The summed E-state index contributed by atoms with van der Waals surface area (Å²) in [6.45, 7) is 2.00. The van der Waals surface area contributed by atoms with Gasteiger partial charge in [0.05, 0.1) is 0 Å². The second kappa shape index (κ2) is 5.53. The maximum Gasteiger partial charge on any atom is 0.0369 e. The molecular formula is C12H10Br3NS. The van der Waals surface area contributed by atoms with Gasteiger partial charge in [0, 0.05) is 34.8 Å². The van der Waals surface area contributed by atoms with E-state index in [0.29, 0.717) is 0 Å². The van der Waals surface area contributed by atoms with Gasteiger partial charge in [-0.15, -0.1) is 11.3 Å². The molecule has 0 saturated heterocycles. The molecule has 1 heterocycles. The summed E-state index contributed by atoms with van der Waals surface area (Å²) in [5, 5.41) is 0. The van der Waals surface area contributed by atoms with Crippen LogP contribution in [0.3, 0.4) is 0 Å². The average molecular weight is 440 g/mol. The van der Waals surface area contributed by atoms with Crippen LogP contribution >= 0.6 is 59.1 Å². The van der Waals surface area contributed by atoms with E-state index in [9.17, 15) is 0 Å². The molecule has 2 rings (SSSR count). The minimum atomic E-state index is 0.0850. The van der Waals surface area contributed by atoms with Crippen molar-refractivity contribution in [3.63, 3.8) is 0 Å². The first-order chi connectivity index (χ1) is 7.99. The third-order valence-corrected chi connectivity index (χ3v) is 5.34. The first-order valence-electron chi connectivity index (χ1n) is 4.99. The third kappa shape index (κ3) is 3.01. The number of nitrogens with two attached hydrogens (primary N) is 1. The summed E-state index contributed by atoms with van der Waals surface area (Å²) in [7, 11) is 0. The molecule has 1 unspecified atom stereocenters. The lowest BCUT2D eigenvalue weighted by molar-refractivity contribution is 0.838. The van der Waals surface area contributed by atoms with Gasteiger partial charge < -0.3 is 5.73 Å². The Morgan fingerprint density at radius 1 is 1.12 bits per heavy atom. The van der Waals surface area contributed by atoms with Crippen LogP contribution in [0.5, 0.6) is 0 Å². The predicted octanol–water partition coefficient (Wildman–Crippen LogP) is 5.72. The van der Waals surface area contributed by atoms with E-state index >= 15 is 0 Å². The molecule has 17 heavy (non-hydrogen) atoms. The summed E-state index contributed by atoms with van der Waals surface area (Å²) in [6, 6.07) is 8.38. The van der Waals surface area contributed by atoms with Crippen molar-refractivity contribution in [2.75, 3.05) is 0 Å².